The van der Waals surface area contributed by atoms with E-state index in [4.69, 9.17) is 23.2 Å². The Hall–Kier alpha value is -5.29. The average molecular weight is 742 g/mol. The summed E-state index contributed by atoms with van der Waals surface area (Å²) in [6.07, 6.45) is 3.52. The summed E-state index contributed by atoms with van der Waals surface area (Å²) in [5.74, 6) is -1.60. The van der Waals surface area contributed by atoms with Gasteiger partial charge in [-0.05, 0) is 87.6 Å². The predicted molar refractivity (Wildman–Crippen MR) is 191 cm³/mol. The van der Waals surface area contributed by atoms with Crippen molar-refractivity contribution in [1.29, 1.82) is 5.26 Å². The summed E-state index contributed by atoms with van der Waals surface area (Å²) in [5, 5.41) is 27.9. The standard InChI is InChI=1S/C37H34Cl2N8O5/c1-21(20-48)42-30(49)27-4-3-5-29(43-27)36(10-11-36)45-32(51)37(12-13-37)44-31(50)28-19-41-34-46(26-15-24(38)14-25(39)16-26)33(52)35(2,47(28)34)17-22-6-8-23(18-40)9-7-22/h3-9,14-16,19,21,48H,10-13,17,20H2,1-2H3,(H,42,49)(H,44,50)(H,45,51)/t21?,35-/m1/s1. The maximum Gasteiger partial charge on any atom is 0.270 e. The van der Waals surface area contributed by atoms with Crippen molar-refractivity contribution in [3.63, 3.8) is 0 Å². The number of hydrogen-bond acceptors (Lipinski definition) is 8. The third-order valence-corrected chi connectivity index (χ3v) is 10.3. The molecule has 3 heterocycles. The van der Waals surface area contributed by atoms with Crippen LogP contribution in [0.15, 0.2) is 66.9 Å². The third kappa shape index (κ3) is 6.27. The number of nitriles is 1. The molecule has 4 N–H and O–H groups in total. The van der Waals surface area contributed by atoms with E-state index in [0.717, 1.165) is 5.56 Å². The van der Waals surface area contributed by atoms with Crippen LogP contribution in [-0.2, 0) is 27.1 Å². The summed E-state index contributed by atoms with van der Waals surface area (Å²) in [5.41, 5.74) is -0.992. The highest BCUT2D eigenvalue weighted by Crippen LogP contribution is 2.47. The first-order valence-electron chi connectivity index (χ1n) is 16.7. The van der Waals surface area contributed by atoms with Crippen LogP contribution in [0.2, 0.25) is 10.0 Å². The number of aliphatic hydroxyl groups is 1. The second-order valence-corrected chi connectivity index (χ2v) is 14.7. The van der Waals surface area contributed by atoms with E-state index >= 15 is 0 Å². The molecule has 1 unspecified atom stereocenters. The summed E-state index contributed by atoms with van der Waals surface area (Å²) in [6, 6.07) is 18.2. The zero-order valence-electron chi connectivity index (χ0n) is 28.2. The minimum Gasteiger partial charge on any atom is -0.394 e. The number of nitrogens with one attached hydrogen (secondary N) is 3. The third-order valence-electron chi connectivity index (χ3n) is 9.83. The average Bonchev–Trinajstić information content (AvgIpc) is 4.03. The molecule has 2 atom stereocenters. The lowest BCUT2D eigenvalue weighted by Crippen LogP contribution is -2.52. The Morgan fingerprint density at radius 2 is 1.69 bits per heavy atom. The van der Waals surface area contributed by atoms with Crippen molar-refractivity contribution >= 4 is 58.5 Å². The Labute approximate surface area is 308 Å². The van der Waals surface area contributed by atoms with Crippen LogP contribution in [-0.4, -0.2) is 61.5 Å². The molecule has 2 aromatic carbocycles. The van der Waals surface area contributed by atoms with E-state index in [9.17, 15) is 29.5 Å². The van der Waals surface area contributed by atoms with Gasteiger partial charge in [0.25, 0.3) is 17.7 Å². The molecule has 2 fully saturated rings. The van der Waals surface area contributed by atoms with Gasteiger partial charge in [-0.1, -0.05) is 41.4 Å². The molecule has 2 aromatic heterocycles. The Balaban J connectivity index is 1.16. The van der Waals surface area contributed by atoms with Gasteiger partial charge in [-0.15, -0.1) is 0 Å². The number of anilines is 2. The Bertz CT molecular complexity index is 2150. The number of hydrogen-bond donors (Lipinski definition) is 4. The van der Waals surface area contributed by atoms with E-state index in [1.54, 1.807) is 79.1 Å². The number of benzene rings is 2. The molecule has 7 rings (SSSR count). The molecule has 0 spiro atoms. The molecule has 0 saturated heterocycles. The minimum absolute atomic E-state index is 0.0767. The molecule has 3 aliphatic rings. The number of halogens is 2. The predicted octanol–water partition coefficient (Wildman–Crippen LogP) is 4.27. The maximum absolute atomic E-state index is 14.4. The zero-order chi connectivity index (χ0) is 37.0. The number of nitrogens with zero attached hydrogens (tertiary/aromatic N) is 5. The van der Waals surface area contributed by atoms with Gasteiger partial charge < -0.3 is 21.1 Å². The van der Waals surface area contributed by atoms with Gasteiger partial charge in [0.05, 0.1) is 41.4 Å². The first-order chi connectivity index (χ1) is 24.8. The van der Waals surface area contributed by atoms with Gasteiger partial charge in [0.15, 0.2) is 0 Å². The van der Waals surface area contributed by atoms with Gasteiger partial charge >= 0.3 is 0 Å². The fourth-order valence-corrected chi connectivity index (χ4v) is 7.13. The summed E-state index contributed by atoms with van der Waals surface area (Å²) in [4.78, 5) is 65.5. The molecular weight excluding hydrogens is 707 g/mol. The number of aromatic nitrogens is 3. The molecule has 4 aromatic rings. The molecule has 2 aliphatic carbocycles. The monoisotopic (exact) mass is 740 g/mol. The van der Waals surface area contributed by atoms with Crippen LogP contribution in [0.5, 0.6) is 0 Å². The van der Waals surface area contributed by atoms with Crippen molar-refractivity contribution in [2.75, 3.05) is 11.5 Å². The second kappa shape index (κ2) is 13.0. The molecular formula is C37H34Cl2N8O5. The topological polar surface area (TPSA) is 182 Å². The molecule has 1 aliphatic heterocycles. The van der Waals surface area contributed by atoms with E-state index in [1.165, 1.54) is 11.1 Å². The van der Waals surface area contributed by atoms with Gasteiger partial charge in [0.2, 0.25) is 11.9 Å². The first-order valence-corrected chi connectivity index (χ1v) is 17.5. The van der Waals surface area contributed by atoms with E-state index in [2.05, 4.69) is 32.0 Å². The molecule has 0 radical (unpaired) electrons. The van der Waals surface area contributed by atoms with Crippen molar-refractivity contribution in [1.82, 2.24) is 30.5 Å². The fraction of sp³-hybridized carbons (Fsp3) is 0.324. The van der Waals surface area contributed by atoms with Gasteiger partial charge in [-0.3, -0.25) is 23.7 Å². The van der Waals surface area contributed by atoms with Gasteiger partial charge in [0.1, 0.15) is 22.5 Å². The second-order valence-electron chi connectivity index (χ2n) is 13.8. The van der Waals surface area contributed by atoms with E-state index < -0.39 is 34.5 Å². The Morgan fingerprint density at radius 3 is 2.31 bits per heavy atom. The first kappa shape index (κ1) is 35.1. The lowest BCUT2D eigenvalue weighted by atomic mass is 9.91. The highest BCUT2D eigenvalue weighted by molar-refractivity contribution is 6.35. The van der Waals surface area contributed by atoms with Gasteiger partial charge in [-0.2, -0.15) is 5.26 Å². The van der Waals surface area contributed by atoms with Gasteiger partial charge in [0, 0.05) is 22.5 Å². The summed E-state index contributed by atoms with van der Waals surface area (Å²) in [7, 11) is 0. The molecule has 15 heteroatoms. The largest absolute Gasteiger partial charge is 0.394 e. The molecule has 266 valence electrons. The molecule has 2 saturated carbocycles. The number of rotatable bonds is 11. The number of aliphatic hydroxyl groups excluding tert-OH is 1. The van der Waals surface area contributed by atoms with Crippen molar-refractivity contribution in [3.8, 4) is 6.07 Å². The van der Waals surface area contributed by atoms with E-state index in [1.807, 2.05) is 0 Å². The van der Waals surface area contributed by atoms with Crippen LogP contribution in [0.4, 0.5) is 11.6 Å². The van der Waals surface area contributed by atoms with Crippen molar-refractivity contribution in [2.45, 2.75) is 68.6 Å². The minimum atomic E-state index is -1.35. The smallest absolute Gasteiger partial charge is 0.270 e. The quantitative estimate of drug-likeness (QED) is 0.176. The normalized spacial score (nSPS) is 19.6. The van der Waals surface area contributed by atoms with Crippen molar-refractivity contribution < 1.29 is 24.3 Å². The molecule has 0 bridgehead atoms. The van der Waals surface area contributed by atoms with Crippen LogP contribution in [0.25, 0.3) is 0 Å². The Kier molecular flexibility index (Phi) is 8.81. The van der Waals surface area contributed by atoms with E-state index in [0.29, 0.717) is 52.7 Å². The highest BCUT2D eigenvalue weighted by Gasteiger charge is 2.57. The van der Waals surface area contributed by atoms with Crippen molar-refractivity contribution in [2.24, 2.45) is 0 Å². The summed E-state index contributed by atoms with van der Waals surface area (Å²) in [6.45, 7) is 3.16. The van der Waals surface area contributed by atoms with E-state index in [-0.39, 0.29) is 42.2 Å². The molecule has 13 nitrogen and oxygen atoms in total. The lowest BCUT2D eigenvalue weighted by molar-refractivity contribution is -0.125. The fourth-order valence-electron chi connectivity index (χ4n) is 6.62. The number of imidazole rings is 1. The summed E-state index contributed by atoms with van der Waals surface area (Å²) >= 11 is 12.6. The van der Waals surface area contributed by atoms with Crippen LogP contribution in [0, 0.1) is 11.3 Å². The molecule has 4 amide bonds. The number of fused-ring (bicyclic) bond motifs is 1. The van der Waals surface area contributed by atoms with Crippen LogP contribution >= 0.6 is 23.2 Å². The van der Waals surface area contributed by atoms with Crippen LogP contribution < -0.4 is 20.9 Å². The number of carbonyl (C=O) groups excluding carboxylic acids is 4. The highest BCUT2D eigenvalue weighted by atomic mass is 35.5. The zero-order valence-corrected chi connectivity index (χ0v) is 29.8. The number of pyridine rings is 1. The number of carbonyl (C=O) groups is 4. The summed E-state index contributed by atoms with van der Waals surface area (Å²) < 4.78 is 1.58. The van der Waals surface area contributed by atoms with Crippen molar-refractivity contribution in [3.05, 3.63) is 105 Å². The SMILES string of the molecule is CC(CO)NC(=O)c1cccc(C2(NC(=O)C3(NC(=O)c4cnc5n4[C@](C)(Cc4ccc(C#N)cc4)C(=O)N5c4cc(Cl)cc(Cl)c4)CC3)CC2)n1. The van der Waals surface area contributed by atoms with Gasteiger partial charge in [-0.25, -0.2) is 14.9 Å². The number of amides is 4. The molecule has 52 heavy (non-hydrogen) atoms. The van der Waals surface area contributed by atoms with Crippen LogP contribution in [0.1, 0.15) is 77.3 Å². The lowest BCUT2D eigenvalue weighted by Gasteiger charge is -2.27. The Morgan fingerprint density at radius 1 is 1.00 bits per heavy atom. The van der Waals surface area contributed by atoms with Crippen LogP contribution in [0.3, 0.4) is 0 Å². The maximum atomic E-state index is 14.4.